The van der Waals surface area contributed by atoms with E-state index >= 15 is 0 Å². The summed E-state index contributed by atoms with van der Waals surface area (Å²) in [4.78, 5) is 0. The third kappa shape index (κ3) is 4.47. The maximum atomic E-state index is 10.6. The van der Waals surface area contributed by atoms with Gasteiger partial charge >= 0.3 is 0 Å². The zero-order valence-corrected chi connectivity index (χ0v) is 15.4. The summed E-state index contributed by atoms with van der Waals surface area (Å²) in [6, 6.07) is 2.61. The summed E-state index contributed by atoms with van der Waals surface area (Å²) < 4.78 is 20.6. The Labute approximate surface area is 160 Å². The van der Waals surface area contributed by atoms with Gasteiger partial charge < -0.3 is 54.7 Å². The summed E-state index contributed by atoms with van der Waals surface area (Å²) >= 11 is 0. The first-order valence-electron chi connectivity index (χ1n) is 8.48. The summed E-state index contributed by atoms with van der Waals surface area (Å²) in [5.74, 6) is -0.257. The third-order valence-corrected chi connectivity index (χ3v) is 4.53. The van der Waals surface area contributed by atoms with Crippen LogP contribution in [0, 0.1) is 0 Å². The molecule has 1 aromatic carbocycles. The molecule has 7 N–H and O–H groups in total. The molecule has 2 rings (SSSR count). The number of aliphatic hydroxyl groups is 6. The van der Waals surface area contributed by atoms with Crippen molar-refractivity contribution in [3.8, 4) is 17.2 Å². The fourth-order valence-corrected chi connectivity index (χ4v) is 2.87. The van der Waals surface area contributed by atoms with Gasteiger partial charge in [0.05, 0.1) is 27.4 Å². The topological polar surface area (TPSA) is 179 Å². The van der Waals surface area contributed by atoms with Crippen LogP contribution in [0.25, 0.3) is 0 Å². The first-order valence-corrected chi connectivity index (χ1v) is 8.48. The molecule has 1 aliphatic heterocycles. The Hall–Kier alpha value is -1.70. The number of benzene rings is 1. The second-order valence-corrected chi connectivity index (χ2v) is 6.27. The number of rotatable bonds is 8. The first-order chi connectivity index (χ1) is 13.3. The van der Waals surface area contributed by atoms with Crippen LogP contribution in [0.5, 0.6) is 17.2 Å². The molecule has 1 aromatic rings. The first kappa shape index (κ1) is 22.6. The van der Waals surface area contributed by atoms with Crippen molar-refractivity contribution in [3.05, 3.63) is 17.7 Å². The Bertz CT molecular complexity index is 613. The molecule has 0 bridgehead atoms. The molecule has 1 saturated heterocycles. The van der Waals surface area contributed by atoms with E-state index in [2.05, 4.69) is 0 Å². The Morgan fingerprint density at radius 2 is 1.57 bits per heavy atom. The van der Waals surface area contributed by atoms with Crippen molar-refractivity contribution in [1.82, 2.24) is 0 Å². The van der Waals surface area contributed by atoms with Crippen molar-refractivity contribution in [3.63, 3.8) is 0 Å². The number of aliphatic hydroxyl groups excluding tert-OH is 6. The highest BCUT2D eigenvalue weighted by Gasteiger charge is 2.45. The van der Waals surface area contributed by atoms with Crippen LogP contribution in [0.4, 0.5) is 0 Å². The lowest BCUT2D eigenvalue weighted by Gasteiger charge is -2.41. The van der Waals surface area contributed by atoms with Gasteiger partial charge in [0.15, 0.2) is 17.8 Å². The normalized spacial score (nSPS) is 29.9. The van der Waals surface area contributed by atoms with Gasteiger partial charge in [-0.25, -0.2) is 0 Å². The van der Waals surface area contributed by atoms with Crippen molar-refractivity contribution in [2.45, 2.75) is 42.9 Å². The van der Waals surface area contributed by atoms with Gasteiger partial charge in [-0.3, -0.25) is 0 Å². The molecule has 7 atom stereocenters. The minimum absolute atomic E-state index is 0.0120. The maximum Gasteiger partial charge on any atom is 0.200 e. The molecule has 0 saturated carbocycles. The van der Waals surface area contributed by atoms with Crippen LogP contribution in [-0.4, -0.2) is 100.0 Å². The zero-order chi connectivity index (χ0) is 21.0. The van der Waals surface area contributed by atoms with Crippen LogP contribution in [0.1, 0.15) is 11.7 Å². The summed E-state index contributed by atoms with van der Waals surface area (Å²) in [6.07, 6.45) is -10.5. The zero-order valence-electron chi connectivity index (χ0n) is 15.4. The number of methoxy groups -OCH3 is 2. The van der Waals surface area contributed by atoms with Crippen molar-refractivity contribution < 1.29 is 54.7 Å². The van der Waals surface area contributed by atoms with E-state index in [1.165, 1.54) is 26.4 Å². The van der Waals surface area contributed by atoms with Gasteiger partial charge in [0, 0.05) is 0 Å². The average molecular weight is 406 g/mol. The van der Waals surface area contributed by atoms with E-state index < -0.39 is 56.1 Å². The quantitative estimate of drug-likeness (QED) is 0.245. The monoisotopic (exact) mass is 406 g/mol. The van der Waals surface area contributed by atoms with Crippen LogP contribution in [-0.2, 0) is 9.47 Å². The van der Waals surface area contributed by atoms with E-state index in [1.807, 2.05) is 0 Å². The molecular weight excluding hydrogens is 380 g/mol. The lowest BCUT2D eigenvalue weighted by atomic mass is 9.99. The molecule has 11 heteroatoms. The number of hydrogen-bond donors (Lipinski definition) is 7. The predicted molar refractivity (Wildman–Crippen MR) is 91.9 cm³/mol. The summed E-state index contributed by atoms with van der Waals surface area (Å²) in [5, 5.41) is 69.1. The molecule has 0 aliphatic carbocycles. The third-order valence-electron chi connectivity index (χ3n) is 4.53. The molecule has 0 amide bonds. The van der Waals surface area contributed by atoms with Crippen LogP contribution < -0.4 is 9.47 Å². The molecular formula is C17H26O11. The lowest BCUT2D eigenvalue weighted by molar-refractivity contribution is -0.319. The van der Waals surface area contributed by atoms with E-state index in [0.29, 0.717) is 0 Å². The summed E-state index contributed by atoms with van der Waals surface area (Å²) in [6.45, 7) is -1.36. The van der Waals surface area contributed by atoms with Gasteiger partial charge in [-0.2, -0.15) is 0 Å². The second kappa shape index (κ2) is 9.67. The highest BCUT2D eigenvalue weighted by Crippen LogP contribution is 2.39. The van der Waals surface area contributed by atoms with Gasteiger partial charge in [0.25, 0.3) is 0 Å². The molecule has 0 radical (unpaired) electrons. The second-order valence-electron chi connectivity index (χ2n) is 6.27. The summed E-state index contributed by atoms with van der Waals surface area (Å²) in [5.41, 5.74) is 0.162. The fourth-order valence-electron chi connectivity index (χ4n) is 2.87. The highest BCUT2D eigenvalue weighted by molar-refractivity contribution is 5.53. The number of phenols is 1. The van der Waals surface area contributed by atoms with Gasteiger partial charge in [0.1, 0.15) is 36.6 Å². The van der Waals surface area contributed by atoms with E-state index in [-0.39, 0.29) is 22.8 Å². The van der Waals surface area contributed by atoms with Crippen LogP contribution >= 0.6 is 0 Å². The predicted octanol–water partition coefficient (Wildman–Crippen LogP) is -2.38. The molecule has 28 heavy (non-hydrogen) atoms. The maximum absolute atomic E-state index is 10.6. The molecule has 1 aliphatic rings. The number of phenolic OH excluding ortho intramolecular Hbond substituents is 1. The van der Waals surface area contributed by atoms with E-state index in [4.69, 9.17) is 18.9 Å². The largest absolute Gasteiger partial charge is 0.502 e. The Kier molecular flexibility index (Phi) is 7.80. The molecule has 1 fully saturated rings. The van der Waals surface area contributed by atoms with E-state index in [0.717, 1.165) is 0 Å². The van der Waals surface area contributed by atoms with Crippen LogP contribution in [0.3, 0.4) is 0 Å². The van der Waals surface area contributed by atoms with Crippen molar-refractivity contribution >= 4 is 0 Å². The van der Waals surface area contributed by atoms with E-state index in [9.17, 15) is 35.7 Å². The van der Waals surface area contributed by atoms with Gasteiger partial charge in [-0.05, 0) is 17.7 Å². The van der Waals surface area contributed by atoms with Crippen molar-refractivity contribution in [2.24, 2.45) is 0 Å². The minimum Gasteiger partial charge on any atom is -0.502 e. The molecule has 11 nitrogen and oxygen atoms in total. The Balaban J connectivity index is 2.23. The van der Waals surface area contributed by atoms with E-state index in [1.54, 1.807) is 0 Å². The number of ether oxygens (including phenoxy) is 4. The minimum atomic E-state index is -1.69. The molecule has 0 aromatic heterocycles. The number of aromatic hydroxyl groups is 1. The van der Waals surface area contributed by atoms with Gasteiger partial charge in [-0.15, -0.1) is 0 Å². The Morgan fingerprint density at radius 1 is 1.00 bits per heavy atom. The average Bonchev–Trinajstić information content (AvgIpc) is 2.71. The number of hydrogen-bond acceptors (Lipinski definition) is 11. The molecule has 1 heterocycles. The summed E-state index contributed by atoms with van der Waals surface area (Å²) in [7, 11) is 2.61. The lowest BCUT2D eigenvalue weighted by Crippen LogP contribution is -2.60. The molecule has 0 spiro atoms. The van der Waals surface area contributed by atoms with Gasteiger partial charge in [-0.1, -0.05) is 0 Å². The van der Waals surface area contributed by atoms with Crippen LogP contribution in [0.2, 0.25) is 0 Å². The smallest absolute Gasteiger partial charge is 0.200 e. The Morgan fingerprint density at radius 3 is 2.04 bits per heavy atom. The molecule has 160 valence electrons. The van der Waals surface area contributed by atoms with Gasteiger partial charge in [0.2, 0.25) is 5.75 Å². The van der Waals surface area contributed by atoms with Crippen molar-refractivity contribution in [2.75, 3.05) is 27.4 Å². The van der Waals surface area contributed by atoms with Crippen molar-refractivity contribution in [1.29, 1.82) is 0 Å². The SMILES string of the molecule is COc1cc([C@@H](O)[C@@H](CO)O[C@@H]2O[C@H](CO)[C@@H](O)[C@H](O)[C@H]2O)cc(OC)c1O. The highest BCUT2D eigenvalue weighted by atomic mass is 16.7. The fraction of sp³-hybridized carbons (Fsp3) is 0.647. The standard InChI is InChI=1S/C17H26O11/c1-25-8-3-7(4-9(26-2)13(8)21)12(20)10(5-18)27-17-16(24)15(23)14(22)11(6-19)28-17/h3-4,10-12,14-24H,5-6H2,1-2H3/t10-,11-,12-,14-,15+,16-,17-/m1/s1. The van der Waals surface area contributed by atoms with Crippen LogP contribution in [0.15, 0.2) is 12.1 Å². The molecule has 0 unspecified atom stereocenters.